The van der Waals surface area contributed by atoms with E-state index in [1.54, 1.807) is 6.20 Å². The smallest absolute Gasteiger partial charge is 0.134 e. The van der Waals surface area contributed by atoms with Crippen LogP contribution in [0.2, 0.25) is 0 Å². The topological polar surface area (TPSA) is 50.9 Å². The standard InChI is InChI=1S/C13H14BrN3/c1-9-4-5-11(7-12(9)14)17-13-10(8-15)3-2-6-16-13/h2-7H,8,15H2,1H3,(H,16,17). The number of halogens is 1. The minimum Gasteiger partial charge on any atom is -0.340 e. The Hall–Kier alpha value is -1.39. The summed E-state index contributed by atoms with van der Waals surface area (Å²) in [5.74, 6) is 0.811. The number of hydrogen-bond donors (Lipinski definition) is 2. The number of rotatable bonds is 3. The first-order valence-corrected chi connectivity index (χ1v) is 6.17. The van der Waals surface area contributed by atoms with Gasteiger partial charge in [0.1, 0.15) is 5.82 Å². The largest absolute Gasteiger partial charge is 0.340 e. The highest BCUT2D eigenvalue weighted by Gasteiger charge is 2.03. The summed E-state index contributed by atoms with van der Waals surface area (Å²) in [6.07, 6.45) is 1.75. The zero-order chi connectivity index (χ0) is 12.3. The van der Waals surface area contributed by atoms with Gasteiger partial charge in [0, 0.05) is 28.5 Å². The second-order valence-corrected chi connectivity index (χ2v) is 4.66. The first kappa shape index (κ1) is 12.1. The summed E-state index contributed by atoms with van der Waals surface area (Å²) in [4.78, 5) is 4.29. The molecule has 0 aliphatic rings. The summed E-state index contributed by atoms with van der Waals surface area (Å²) in [6, 6.07) is 9.97. The number of nitrogens with one attached hydrogen (secondary N) is 1. The molecule has 0 amide bonds. The Morgan fingerprint density at radius 3 is 2.88 bits per heavy atom. The molecule has 0 radical (unpaired) electrons. The Balaban J connectivity index is 2.28. The molecule has 2 rings (SSSR count). The molecule has 0 saturated carbocycles. The van der Waals surface area contributed by atoms with Crippen LogP contribution in [-0.4, -0.2) is 4.98 Å². The third kappa shape index (κ3) is 2.84. The first-order chi connectivity index (χ1) is 8.20. The molecule has 17 heavy (non-hydrogen) atoms. The van der Waals surface area contributed by atoms with Crippen molar-refractivity contribution in [2.45, 2.75) is 13.5 Å². The number of nitrogens with two attached hydrogens (primary N) is 1. The van der Waals surface area contributed by atoms with E-state index >= 15 is 0 Å². The number of pyridine rings is 1. The van der Waals surface area contributed by atoms with Crippen LogP contribution in [0.4, 0.5) is 11.5 Å². The highest BCUT2D eigenvalue weighted by molar-refractivity contribution is 9.10. The van der Waals surface area contributed by atoms with E-state index in [0.29, 0.717) is 6.54 Å². The van der Waals surface area contributed by atoms with Crippen molar-refractivity contribution in [1.29, 1.82) is 0 Å². The summed E-state index contributed by atoms with van der Waals surface area (Å²) >= 11 is 3.51. The van der Waals surface area contributed by atoms with Gasteiger partial charge in [-0.2, -0.15) is 0 Å². The molecule has 1 aromatic heterocycles. The Bertz CT molecular complexity index is 526. The summed E-state index contributed by atoms with van der Waals surface area (Å²) in [5.41, 5.74) is 8.87. The molecule has 3 N–H and O–H groups in total. The van der Waals surface area contributed by atoms with Gasteiger partial charge in [0.2, 0.25) is 0 Å². The highest BCUT2D eigenvalue weighted by atomic mass is 79.9. The third-order valence-electron chi connectivity index (χ3n) is 2.55. The van der Waals surface area contributed by atoms with Crippen LogP contribution in [0.15, 0.2) is 41.0 Å². The molecule has 1 aromatic carbocycles. The Kier molecular flexibility index (Phi) is 3.76. The van der Waals surface area contributed by atoms with Gasteiger partial charge in [-0.3, -0.25) is 0 Å². The van der Waals surface area contributed by atoms with Crippen LogP contribution in [0.3, 0.4) is 0 Å². The molecule has 0 aliphatic carbocycles. The van der Waals surface area contributed by atoms with Gasteiger partial charge in [0.05, 0.1) is 0 Å². The van der Waals surface area contributed by atoms with Gasteiger partial charge in [-0.05, 0) is 30.7 Å². The zero-order valence-corrected chi connectivity index (χ0v) is 11.2. The number of aromatic nitrogens is 1. The quantitative estimate of drug-likeness (QED) is 0.912. The lowest BCUT2D eigenvalue weighted by atomic mass is 10.2. The number of aryl methyl sites for hydroxylation is 1. The van der Waals surface area contributed by atoms with Crippen molar-refractivity contribution in [3.8, 4) is 0 Å². The maximum atomic E-state index is 5.67. The van der Waals surface area contributed by atoms with E-state index in [1.165, 1.54) is 5.56 Å². The molecule has 0 unspecified atom stereocenters. The molecule has 2 aromatic rings. The van der Waals surface area contributed by atoms with Crippen LogP contribution in [-0.2, 0) is 6.54 Å². The number of anilines is 2. The Morgan fingerprint density at radius 1 is 1.35 bits per heavy atom. The van der Waals surface area contributed by atoms with Gasteiger partial charge >= 0.3 is 0 Å². The van der Waals surface area contributed by atoms with Crippen molar-refractivity contribution < 1.29 is 0 Å². The van der Waals surface area contributed by atoms with Gasteiger partial charge in [-0.1, -0.05) is 28.1 Å². The molecule has 1 heterocycles. The van der Waals surface area contributed by atoms with Crippen molar-refractivity contribution in [2.24, 2.45) is 5.73 Å². The molecule has 4 heteroatoms. The van der Waals surface area contributed by atoms with Crippen LogP contribution >= 0.6 is 15.9 Å². The van der Waals surface area contributed by atoms with Crippen LogP contribution in [0.5, 0.6) is 0 Å². The molecule has 0 saturated heterocycles. The van der Waals surface area contributed by atoms with Gasteiger partial charge in [-0.25, -0.2) is 4.98 Å². The Morgan fingerprint density at radius 2 is 2.18 bits per heavy atom. The van der Waals surface area contributed by atoms with E-state index in [1.807, 2.05) is 24.3 Å². The summed E-state index contributed by atoms with van der Waals surface area (Å²) in [6.45, 7) is 2.53. The second-order valence-electron chi connectivity index (χ2n) is 3.80. The maximum absolute atomic E-state index is 5.67. The minimum absolute atomic E-state index is 0.475. The van der Waals surface area contributed by atoms with Crippen molar-refractivity contribution in [2.75, 3.05) is 5.32 Å². The monoisotopic (exact) mass is 291 g/mol. The fourth-order valence-electron chi connectivity index (χ4n) is 1.52. The van der Waals surface area contributed by atoms with E-state index in [-0.39, 0.29) is 0 Å². The Labute approximate surface area is 109 Å². The molecule has 0 atom stereocenters. The lowest BCUT2D eigenvalue weighted by Crippen LogP contribution is -2.03. The molecule has 0 spiro atoms. The van der Waals surface area contributed by atoms with Gasteiger partial charge in [-0.15, -0.1) is 0 Å². The fourth-order valence-corrected chi connectivity index (χ4v) is 1.90. The van der Waals surface area contributed by atoms with Crippen LogP contribution in [0, 0.1) is 6.92 Å². The molecular weight excluding hydrogens is 278 g/mol. The molecule has 0 bridgehead atoms. The van der Waals surface area contributed by atoms with Crippen LogP contribution in [0.1, 0.15) is 11.1 Å². The minimum atomic E-state index is 0.475. The summed E-state index contributed by atoms with van der Waals surface area (Å²) < 4.78 is 1.08. The number of hydrogen-bond acceptors (Lipinski definition) is 3. The summed E-state index contributed by atoms with van der Waals surface area (Å²) in [5, 5.41) is 3.27. The van der Waals surface area contributed by atoms with E-state index in [0.717, 1.165) is 21.5 Å². The van der Waals surface area contributed by atoms with Crippen LogP contribution in [0.25, 0.3) is 0 Å². The highest BCUT2D eigenvalue weighted by Crippen LogP contribution is 2.24. The zero-order valence-electron chi connectivity index (χ0n) is 9.57. The first-order valence-electron chi connectivity index (χ1n) is 5.38. The van der Waals surface area contributed by atoms with Crippen LogP contribution < -0.4 is 11.1 Å². The lowest BCUT2D eigenvalue weighted by molar-refractivity contribution is 1.05. The molecule has 3 nitrogen and oxygen atoms in total. The average molecular weight is 292 g/mol. The number of benzene rings is 1. The number of nitrogens with zero attached hydrogens (tertiary/aromatic N) is 1. The second kappa shape index (κ2) is 5.29. The van der Waals surface area contributed by atoms with E-state index < -0.39 is 0 Å². The van der Waals surface area contributed by atoms with E-state index in [2.05, 4.69) is 39.2 Å². The molecule has 88 valence electrons. The predicted molar refractivity (Wildman–Crippen MR) is 74.3 cm³/mol. The van der Waals surface area contributed by atoms with Crippen molar-refractivity contribution in [3.63, 3.8) is 0 Å². The summed E-state index contributed by atoms with van der Waals surface area (Å²) in [7, 11) is 0. The molecular formula is C13H14BrN3. The van der Waals surface area contributed by atoms with E-state index in [9.17, 15) is 0 Å². The molecule has 0 fully saturated rings. The lowest BCUT2D eigenvalue weighted by Gasteiger charge is -2.10. The van der Waals surface area contributed by atoms with Crippen molar-refractivity contribution >= 4 is 27.4 Å². The normalized spacial score (nSPS) is 10.3. The predicted octanol–water partition coefficient (Wildman–Crippen LogP) is 3.35. The van der Waals surface area contributed by atoms with Gasteiger partial charge in [0.25, 0.3) is 0 Å². The van der Waals surface area contributed by atoms with Crippen molar-refractivity contribution in [1.82, 2.24) is 4.98 Å². The fraction of sp³-hybridized carbons (Fsp3) is 0.154. The van der Waals surface area contributed by atoms with Crippen molar-refractivity contribution in [3.05, 3.63) is 52.1 Å². The van der Waals surface area contributed by atoms with Gasteiger partial charge in [0.15, 0.2) is 0 Å². The third-order valence-corrected chi connectivity index (χ3v) is 3.40. The van der Waals surface area contributed by atoms with Gasteiger partial charge < -0.3 is 11.1 Å². The van der Waals surface area contributed by atoms with E-state index in [4.69, 9.17) is 5.73 Å². The average Bonchev–Trinajstić information content (AvgIpc) is 2.34. The maximum Gasteiger partial charge on any atom is 0.134 e. The SMILES string of the molecule is Cc1ccc(Nc2ncccc2CN)cc1Br. The molecule has 0 aliphatic heterocycles.